The van der Waals surface area contributed by atoms with Crippen LogP contribution in [0.15, 0.2) is 107 Å². The predicted octanol–water partition coefficient (Wildman–Crippen LogP) is 7.97. The summed E-state index contributed by atoms with van der Waals surface area (Å²) in [6.45, 7) is 1.92. The molecule has 204 valence electrons. The number of aromatic hydroxyl groups is 1. The van der Waals surface area contributed by atoms with Gasteiger partial charge in [0, 0.05) is 23.2 Å². The molecule has 0 bridgehead atoms. The monoisotopic (exact) mass is 545 g/mol. The maximum absolute atomic E-state index is 13.1. The van der Waals surface area contributed by atoms with Crippen LogP contribution in [0.1, 0.15) is 21.5 Å². The van der Waals surface area contributed by atoms with E-state index in [-0.39, 0.29) is 17.0 Å². The lowest BCUT2D eigenvalue weighted by Crippen LogP contribution is -2.12. The van der Waals surface area contributed by atoms with Gasteiger partial charge in [-0.2, -0.15) is 0 Å². The third-order valence-electron chi connectivity index (χ3n) is 6.47. The lowest BCUT2D eigenvalue weighted by molar-refractivity contribution is 0.102. The van der Waals surface area contributed by atoms with Crippen LogP contribution in [0.25, 0.3) is 10.8 Å². The van der Waals surface area contributed by atoms with Gasteiger partial charge in [0.25, 0.3) is 5.91 Å². The van der Waals surface area contributed by atoms with Crippen LogP contribution in [0.3, 0.4) is 0 Å². The predicted molar refractivity (Wildman–Crippen MR) is 164 cm³/mol. The Labute approximate surface area is 236 Å². The van der Waals surface area contributed by atoms with Crippen molar-refractivity contribution in [1.29, 1.82) is 0 Å². The Hall–Kier alpha value is -5.54. The Balaban J connectivity index is 1.48. The number of hydrogen-bond acceptors (Lipinski definition) is 8. The molecule has 0 heterocycles. The quantitative estimate of drug-likeness (QED) is 0.0846. The maximum Gasteiger partial charge on any atom is 0.259 e. The minimum absolute atomic E-state index is 0.140. The zero-order valence-corrected chi connectivity index (χ0v) is 22.4. The fraction of sp³-hybridized carbons (Fsp3) is 0.0625. The van der Waals surface area contributed by atoms with Crippen molar-refractivity contribution in [3.05, 3.63) is 119 Å². The molecule has 5 aromatic rings. The molecule has 0 aliphatic carbocycles. The number of para-hydroxylation sites is 1. The van der Waals surface area contributed by atoms with E-state index >= 15 is 0 Å². The van der Waals surface area contributed by atoms with Crippen molar-refractivity contribution in [1.82, 2.24) is 0 Å². The summed E-state index contributed by atoms with van der Waals surface area (Å²) in [7, 11) is 1.48. The smallest absolute Gasteiger partial charge is 0.259 e. The van der Waals surface area contributed by atoms with Gasteiger partial charge in [-0.25, -0.2) is 0 Å². The van der Waals surface area contributed by atoms with Crippen LogP contribution in [0.4, 0.5) is 34.1 Å². The Kier molecular flexibility index (Phi) is 7.98. The number of fused-ring (bicyclic) bond motifs is 1. The number of nitrogens with one attached hydrogen (secondary N) is 3. The maximum atomic E-state index is 13.1. The third-order valence-corrected chi connectivity index (χ3v) is 6.47. The summed E-state index contributed by atoms with van der Waals surface area (Å²) < 4.78 is 0. The fourth-order valence-corrected chi connectivity index (χ4v) is 4.40. The van der Waals surface area contributed by atoms with Gasteiger partial charge in [0.15, 0.2) is 0 Å². The highest BCUT2D eigenvalue weighted by Crippen LogP contribution is 2.34. The molecule has 9 nitrogen and oxygen atoms in total. The van der Waals surface area contributed by atoms with E-state index in [2.05, 4.69) is 26.3 Å². The molecule has 0 fully saturated rings. The summed E-state index contributed by atoms with van der Waals surface area (Å²) in [5.41, 5.74) is 7.38. The van der Waals surface area contributed by atoms with Gasteiger partial charge in [0.05, 0.1) is 29.7 Å². The first kappa shape index (κ1) is 27.0. The van der Waals surface area contributed by atoms with Crippen LogP contribution in [0, 0.1) is 11.8 Å². The minimum Gasteiger partial charge on any atom is -0.506 e. The number of rotatable bonds is 9. The first-order valence-corrected chi connectivity index (χ1v) is 12.8. The highest BCUT2D eigenvalue weighted by atomic mass is 16.6. The van der Waals surface area contributed by atoms with E-state index in [1.54, 1.807) is 42.6 Å². The number of aliphatic imine (C=N–C) groups is 1. The van der Waals surface area contributed by atoms with Crippen LogP contribution in [-0.4, -0.2) is 24.3 Å². The molecule has 0 unspecified atom stereocenters. The second kappa shape index (κ2) is 12.1. The standard InChI is InChI=1S/C32H27N5O4/c1-20-12-13-23(34-28-15-14-24(37-41-2)18-30(28)36-40)17-29(20)33-19-27-25-11-7-6-8-21(25)16-26(31(27)38)32(39)35-22-9-4-3-5-10-22/h3-19,34,37-38H,1-2H3,(H,35,39)/b33-19-. The van der Waals surface area contributed by atoms with E-state index < -0.39 is 5.91 Å². The molecule has 0 atom stereocenters. The first-order chi connectivity index (χ1) is 20.0. The molecular formula is C32H27N5O4. The van der Waals surface area contributed by atoms with Gasteiger partial charge in [0.2, 0.25) is 0 Å². The largest absolute Gasteiger partial charge is 0.506 e. The number of nitrogens with zero attached hydrogens (tertiary/aromatic N) is 2. The molecule has 0 radical (unpaired) electrons. The third kappa shape index (κ3) is 6.05. The number of amides is 1. The Morgan fingerprint density at radius 1 is 0.854 bits per heavy atom. The Bertz CT molecular complexity index is 1770. The zero-order chi connectivity index (χ0) is 28.8. The van der Waals surface area contributed by atoms with Crippen molar-refractivity contribution in [2.75, 3.05) is 23.2 Å². The molecule has 0 aromatic heterocycles. The highest BCUT2D eigenvalue weighted by Gasteiger charge is 2.18. The van der Waals surface area contributed by atoms with Gasteiger partial charge in [0.1, 0.15) is 11.4 Å². The number of anilines is 4. The fourth-order valence-electron chi connectivity index (χ4n) is 4.40. The van der Waals surface area contributed by atoms with Crippen molar-refractivity contribution in [3.8, 4) is 5.75 Å². The van der Waals surface area contributed by atoms with Crippen molar-refractivity contribution in [3.63, 3.8) is 0 Å². The average Bonchev–Trinajstić information content (AvgIpc) is 2.99. The van der Waals surface area contributed by atoms with Gasteiger partial charge < -0.3 is 15.7 Å². The number of nitroso groups, excluding NO2 is 1. The van der Waals surface area contributed by atoms with Crippen LogP contribution in [0.2, 0.25) is 0 Å². The second-order valence-corrected chi connectivity index (χ2v) is 9.24. The van der Waals surface area contributed by atoms with Gasteiger partial charge in [-0.1, -0.05) is 48.5 Å². The number of hydrogen-bond donors (Lipinski definition) is 4. The molecule has 5 rings (SSSR count). The zero-order valence-electron chi connectivity index (χ0n) is 22.4. The van der Waals surface area contributed by atoms with Crippen molar-refractivity contribution in [2.24, 2.45) is 10.2 Å². The SMILES string of the molecule is CONc1ccc(Nc2ccc(C)c(/N=C\c3c(O)c(C(=O)Nc4ccccc4)cc4ccccc34)c2)c(N=O)c1. The number of phenols is 1. The number of carbonyl (C=O) groups excluding carboxylic acids is 1. The summed E-state index contributed by atoms with van der Waals surface area (Å²) in [4.78, 5) is 34.1. The molecule has 0 saturated carbocycles. The van der Waals surface area contributed by atoms with E-state index in [1.807, 2.05) is 67.6 Å². The number of phenolic OH excluding ortho intramolecular Hbond substituents is 1. The Morgan fingerprint density at radius 2 is 1.59 bits per heavy atom. The van der Waals surface area contributed by atoms with Gasteiger partial charge in [-0.15, -0.1) is 4.91 Å². The number of benzene rings is 5. The number of aryl methyl sites for hydroxylation is 1. The van der Waals surface area contributed by atoms with E-state index in [1.165, 1.54) is 7.11 Å². The minimum atomic E-state index is -0.428. The van der Waals surface area contributed by atoms with E-state index in [0.717, 1.165) is 16.3 Å². The van der Waals surface area contributed by atoms with Crippen LogP contribution in [0.5, 0.6) is 5.75 Å². The molecule has 9 heteroatoms. The molecule has 41 heavy (non-hydrogen) atoms. The topological polar surface area (TPSA) is 124 Å². The molecule has 5 aromatic carbocycles. The van der Waals surface area contributed by atoms with Gasteiger partial charge in [-0.05, 0) is 77.0 Å². The molecule has 1 amide bonds. The first-order valence-electron chi connectivity index (χ1n) is 12.8. The van der Waals surface area contributed by atoms with E-state index in [4.69, 9.17) is 4.84 Å². The second-order valence-electron chi connectivity index (χ2n) is 9.24. The molecule has 0 saturated heterocycles. The molecular weight excluding hydrogens is 518 g/mol. The van der Waals surface area contributed by atoms with Crippen LogP contribution >= 0.6 is 0 Å². The summed E-state index contributed by atoms with van der Waals surface area (Å²) in [5, 5.41) is 21.9. The normalized spacial score (nSPS) is 11.0. The summed E-state index contributed by atoms with van der Waals surface area (Å²) >= 11 is 0. The van der Waals surface area contributed by atoms with Gasteiger partial charge >= 0.3 is 0 Å². The summed E-state index contributed by atoms with van der Waals surface area (Å²) in [6.07, 6.45) is 1.56. The molecule has 0 aliphatic heterocycles. The van der Waals surface area contributed by atoms with Crippen molar-refractivity contribution >= 4 is 57.0 Å². The summed E-state index contributed by atoms with van der Waals surface area (Å²) in [6, 6.07) is 28.9. The van der Waals surface area contributed by atoms with E-state index in [0.29, 0.717) is 34.0 Å². The van der Waals surface area contributed by atoms with Crippen molar-refractivity contribution in [2.45, 2.75) is 6.92 Å². The van der Waals surface area contributed by atoms with Gasteiger partial charge in [-0.3, -0.25) is 20.1 Å². The molecule has 0 spiro atoms. The average molecular weight is 546 g/mol. The summed E-state index contributed by atoms with van der Waals surface area (Å²) in [5.74, 6) is -0.595. The molecule has 4 N–H and O–H groups in total. The van der Waals surface area contributed by atoms with E-state index in [9.17, 15) is 14.8 Å². The highest BCUT2D eigenvalue weighted by molar-refractivity contribution is 6.13. The number of carbonyl (C=O) groups is 1. The van der Waals surface area contributed by atoms with Crippen molar-refractivity contribution < 1.29 is 14.7 Å². The van der Waals surface area contributed by atoms with Crippen LogP contribution < -0.4 is 16.1 Å². The Morgan fingerprint density at radius 3 is 2.37 bits per heavy atom. The molecule has 0 aliphatic rings. The lowest BCUT2D eigenvalue weighted by atomic mass is 9.99. The van der Waals surface area contributed by atoms with Crippen LogP contribution in [-0.2, 0) is 4.84 Å². The lowest BCUT2D eigenvalue weighted by Gasteiger charge is -2.13.